The van der Waals surface area contributed by atoms with Crippen molar-refractivity contribution in [2.45, 2.75) is 31.2 Å². The maximum absolute atomic E-state index is 14.0. The van der Waals surface area contributed by atoms with Crippen LogP contribution >= 0.6 is 32.1 Å². The van der Waals surface area contributed by atoms with Gasteiger partial charge >= 0.3 is 11.8 Å². The number of aromatic nitrogens is 4. The molecule has 2 unspecified atom stereocenters. The highest BCUT2D eigenvalue weighted by atomic mass is 127. The SMILES string of the molecule is FC(F)(P)c1ncccc1CN(I)c1nc(N2CCCC(C(F)(F)F)C2)nc2ncccc12. The zero-order valence-corrected chi connectivity index (χ0v) is 20.4. The highest BCUT2D eigenvalue weighted by Gasteiger charge is 2.42. The first-order valence-corrected chi connectivity index (χ1v) is 11.6. The van der Waals surface area contributed by atoms with Crippen LogP contribution in [0, 0.1) is 5.92 Å². The van der Waals surface area contributed by atoms with Gasteiger partial charge in [-0.1, -0.05) is 15.3 Å². The number of piperidine rings is 1. The third kappa shape index (κ3) is 5.42. The van der Waals surface area contributed by atoms with E-state index in [1.807, 2.05) is 22.9 Å². The van der Waals surface area contributed by atoms with Crippen LogP contribution in [0.3, 0.4) is 0 Å². The van der Waals surface area contributed by atoms with E-state index in [1.165, 1.54) is 26.5 Å². The normalized spacial score (nSPS) is 17.4. The Morgan fingerprint density at radius 3 is 2.55 bits per heavy atom. The number of hydrogen-bond donors (Lipinski definition) is 0. The quantitative estimate of drug-likeness (QED) is 0.169. The second kappa shape index (κ2) is 9.36. The summed E-state index contributed by atoms with van der Waals surface area (Å²) >= 11 is 1.95. The Morgan fingerprint density at radius 1 is 1.09 bits per heavy atom. The van der Waals surface area contributed by atoms with E-state index >= 15 is 0 Å². The van der Waals surface area contributed by atoms with Crippen LogP contribution in [0.1, 0.15) is 24.1 Å². The third-order valence-electron chi connectivity index (χ3n) is 5.35. The molecule has 13 heteroatoms. The number of rotatable bonds is 5. The summed E-state index contributed by atoms with van der Waals surface area (Å²) < 4.78 is 69.6. The molecule has 0 radical (unpaired) electrons. The van der Waals surface area contributed by atoms with Crippen LogP contribution < -0.4 is 8.01 Å². The summed E-state index contributed by atoms with van der Waals surface area (Å²) in [5.74, 6) is -0.954. The van der Waals surface area contributed by atoms with E-state index in [-0.39, 0.29) is 31.2 Å². The van der Waals surface area contributed by atoms with Crippen molar-refractivity contribution in [3.05, 3.63) is 47.9 Å². The minimum Gasteiger partial charge on any atom is -0.340 e. The van der Waals surface area contributed by atoms with E-state index in [2.05, 4.69) is 19.9 Å². The standard InChI is InChI=1S/C20H19F5IN6P/c21-19(22,23)13-5-3-9-31(11-13)18-29-16-14(6-2-8-28-16)17(30-18)32(26)10-12-4-1-7-27-15(12)20(24,25)33/h1-2,4,6-8,13H,3,5,9-11,33H2. The zero-order chi connectivity index (χ0) is 23.8. The molecule has 33 heavy (non-hydrogen) atoms. The molecule has 3 aromatic rings. The lowest BCUT2D eigenvalue weighted by molar-refractivity contribution is -0.176. The maximum atomic E-state index is 14.0. The Labute approximate surface area is 202 Å². The summed E-state index contributed by atoms with van der Waals surface area (Å²) in [4.78, 5) is 18.5. The Balaban J connectivity index is 1.71. The van der Waals surface area contributed by atoms with Crippen molar-refractivity contribution in [2.75, 3.05) is 21.1 Å². The van der Waals surface area contributed by atoms with Crippen molar-refractivity contribution in [3.63, 3.8) is 0 Å². The summed E-state index contributed by atoms with van der Waals surface area (Å²) in [6.45, 7) is 0.186. The molecule has 0 bridgehead atoms. The van der Waals surface area contributed by atoms with Crippen LogP contribution in [0.2, 0.25) is 0 Å². The van der Waals surface area contributed by atoms with Gasteiger partial charge in [-0.25, -0.2) is 4.98 Å². The van der Waals surface area contributed by atoms with Gasteiger partial charge < -0.3 is 4.90 Å². The van der Waals surface area contributed by atoms with Gasteiger partial charge in [-0.15, -0.1) is 0 Å². The van der Waals surface area contributed by atoms with Gasteiger partial charge in [0, 0.05) is 31.0 Å². The van der Waals surface area contributed by atoms with Crippen molar-refractivity contribution >= 4 is 54.9 Å². The first-order chi connectivity index (χ1) is 15.5. The predicted molar refractivity (Wildman–Crippen MR) is 126 cm³/mol. The maximum Gasteiger partial charge on any atom is 0.393 e. The highest BCUT2D eigenvalue weighted by Crippen LogP contribution is 2.38. The largest absolute Gasteiger partial charge is 0.393 e. The van der Waals surface area contributed by atoms with Crippen LogP contribution in [-0.4, -0.2) is 39.2 Å². The Kier molecular flexibility index (Phi) is 6.86. The van der Waals surface area contributed by atoms with Crippen LogP contribution in [0.25, 0.3) is 11.0 Å². The molecule has 1 saturated heterocycles. The van der Waals surface area contributed by atoms with E-state index < -0.39 is 17.8 Å². The molecule has 0 aromatic carbocycles. The van der Waals surface area contributed by atoms with Crippen molar-refractivity contribution in [1.82, 2.24) is 19.9 Å². The molecule has 6 nitrogen and oxygen atoms in total. The summed E-state index contributed by atoms with van der Waals surface area (Å²) in [5, 5.41) is 0.558. The van der Waals surface area contributed by atoms with Gasteiger partial charge in [0.2, 0.25) is 5.95 Å². The minimum absolute atomic E-state index is 0.0410. The lowest BCUT2D eigenvalue weighted by Crippen LogP contribution is -2.42. The molecule has 0 saturated carbocycles. The number of halogens is 6. The number of fused-ring (bicyclic) bond motifs is 1. The van der Waals surface area contributed by atoms with E-state index in [0.717, 1.165) is 0 Å². The molecule has 1 aliphatic heterocycles. The molecule has 1 aliphatic rings. The average Bonchev–Trinajstić information content (AvgIpc) is 2.77. The molecular weight excluding hydrogens is 577 g/mol. The minimum atomic E-state index is -4.30. The molecule has 0 aliphatic carbocycles. The number of anilines is 2. The second-order valence-electron chi connectivity index (χ2n) is 7.70. The topological polar surface area (TPSA) is 58.0 Å². The van der Waals surface area contributed by atoms with Crippen molar-refractivity contribution in [1.29, 1.82) is 0 Å². The molecule has 4 rings (SSSR count). The zero-order valence-electron chi connectivity index (χ0n) is 17.1. The molecule has 0 amide bonds. The molecule has 3 aromatic heterocycles. The molecule has 1 fully saturated rings. The fourth-order valence-electron chi connectivity index (χ4n) is 3.78. The van der Waals surface area contributed by atoms with Gasteiger partial charge in [-0.3, -0.25) is 8.10 Å². The summed E-state index contributed by atoms with van der Waals surface area (Å²) in [7, 11) is 1.48. The fraction of sp³-hybridized carbons (Fsp3) is 0.400. The Morgan fingerprint density at radius 2 is 1.82 bits per heavy atom. The number of alkyl halides is 5. The van der Waals surface area contributed by atoms with Crippen LogP contribution in [0.15, 0.2) is 36.7 Å². The average molecular weight is 596 g/mol. The third-order valence-corrected chi connectivity index (χ3v) is 6.42. The van der Waals surface area contributed by atoms with E-state index in [9.17, 15) is 22.0 Å². The molecule has 0 spiro atoms. The first-order valence-electron chi connectivity index (χ1n) is 10.0. The van der Waals surface area contributed by atoms with Gasteiger partial charge in [0.1, 0.15) is 5.69 Å². The van der Waals surface area contributed by atoms with E-state index in [4.69, 9.17) is 0 Å². The molecule has 4 heterocycles. The number of nitrogens with zero attached hydrogens (tertiary/aromatic N) is 6. The Hall–Kier alpha value is -1.95. The fourth-order valence-corrected chi connectivity index (χ4v) is 4.77. The monoisotopic (exact) mass is 596 g/mol. The van der Waals surface area contributed by atoms with E-state index in [1.54, 1.807) is 27.4 Å². The summed E-state index contributed by atoms with van der Waals surface area (Å²) in [5.41, 5.74) is -2.98. The first kappa shape index (κ1) is 24.2. The van der Waals surface area contributed by atoms with Gasteiger partial charge in [0.05, 0.1) is 40.7 Å². The van der Waals surface area contributed by atoms with Crippen LogP contribution in [0.5, 0.6) is 0 Å². The predicted octanol–water partition coefficient (Wildman–Crippen LogP) is 5.48. The second-order valence-corrected chi connectivity index (χ2v) is 9.59. The van der Waals surface area contributed by atoms with Gasteiger partial charge in [0.15, 0.2) is 11.5 Å². The van der Waals surface area contributed by atoms with Crippen molar-refractivity contribution in [3.8, 4) is 0 Å². The van der Waals surface area contributed by atoms with Crippen LogP contribution in [-0.2, 0) is 12.2 Å². The number of pyridine rings is 2. The molecule has 176 valence electrons. The van der Waals surface area contributed by atoms with E-state index in [0.29, 0.717) is 35.4 Å². The molecule has 0 N–H and O–H groups in total. The van der Waals surface area contributed by atoms with Gasteiger partial charge in [-0.05, 0) is 31.0 Å². The molecular formula is C20H19F5IN6P. The van der Waals surface area contributed by atoms with Crippen molar-refractivity contribution < 1.29 is 22.0 Å². The van der Waals surface area contributed by atoms with Crippen molar-refractivity contribution in [2.24, 2.45) is 5.92 Å². The van der Waals surface area contributed by atoms with Gasteiger partial charge in [0.25, 0.3) is 0 Å². The number of hydrogen-bond acceptors (Lipinski definition) is 6. The van der Waals surface area contributed by atoms with Gasteiger partial charge in [-0.2, -0.15) is 31.9 Å². The summed E-state index contributed by atoms with van der Waals surface area (Å²) in [6.07, 6.45) is -1.05. The van der Waals surface area contributed by atoms with Crippen LogP contribution in [0.4, 0.5) is 33.7 Å². The smallest absolute Gasteiger partial charge is 0.340 e. The Bertz CT molecular complexity index is 1140. The lowest BCUT2D eigenvalue weighted by atomic mass is 9.98. The lowest BCUT2D eigenvalue weighted by Gasteiger charge is -2.34. The molecule has 2 atom stereocenters. The highest BCUT2D eigenvalue weighted by molar-refractivity contribution is 14.1. The summed E-state index contributed by atoms with van der Waals surface area (Å²) in [6, 6.07) is 6.53.